The minimum Gasteiger partial charge on any atom is -0.445 e. The summed E-state index contributed by atoms with van der Waals surface area (Å²) in [6, 6.07) is 7.04. The first kappa shape index (κ1) is 27.6. The predicted molar refractivity (Wildman–Crippen MR) is 121 cm³/mol. The number of hydrogen-bond acceptors (Lipinski definition) is 5. The van der Waals surface area contributed by atoms with Crippen LogP contribution in [0.3, 0.4) is 0 Å². The van der Waals surface area contributed by atoms with E-state index in [0.29, 0.717) is 6.42 Å². The molecule has 1 aromatic rings. The Balaban J connectivity index is 2.68. The van der Waals surface area contributed by atoms with Gasteiger partial charge in [-0.05, 0) is 30.2 Å². The topological polar surface area (TPSA) is 160 Å². The van der Waals surface area contributed by atoms with Crippen molar-refractivity contribution in [3.05, 3.63) is 35.9 Å². The molecular weight excluding hydrogens is 435 g/mol. The van der Waals surface area contributed by atoms with Crippen LogP contribution in [0.1, 0.15) is 46.1 Å². The maximum Gasteiger partial charge on any atom is 0.407 e. The van der Waals surface area contributed by atoms with E-state index in [4.69, 9.17) is 10.5 Å². The summed E-state index contributed by atoms with van der Waals surface area (Å²) in [6.07, 6.45) is -0.905. The van der Waals surface area contributed by atoms with Gasteiger partial charge in [0, 0.05) is 0 Å². The molecule has 1 aromatic carbocycles. The Hall–Kier alpha value is -2.42. The summed E-state index contributed by atoms with van der Waals surface area (Å²) < 4.78 is 17.6. The zero-order valence-corrected chi connectivity index (χ0v) is 19.9. The van der Waals surface area contributed by atoms with E-state index in [9.17, 15) is 23.8 Å². The summed E-state index contributed by atoms with van der Waals surface area (Å²) in [5.74, 6) is -1.16. The number of nitrogens with one attached hydrogen (secondary N) is 3. The molecular formula is C21H35N4O6P. The quantitative estimate of drug-likeness (QED) is 0.276. The summed E-state index contributed by atoms with van der Waals surface area (Å²) in [4.78, 5) is 46.5. The second kappa shape index (κ2) is 13.2. The molecule has 6 N–H and O–H groups in total. The van der Waals surface area contributed by atoms with E-state index in [0.717, 1.165) is 5.56 Å². The fourth-order valence-electron chi connectivity index (χ4n) is 2.91. The summed E-state index contributed by atoms with van der Waals surface area (Å²) in [5, 5.41) is 7.22. The molecule has 3 atom stereocenters. The normalized spacial score (nSPS) is 15.0. The summed E-state index contributed by atoms with van der Waals surface area (Å²) in [7, 11) is -4.14. The molecule has 0 aliphatic carbocycles. The molecule has 0 saturated heterocycles. The van der Waals surface area contributed by atoms with Crippen molar-refractivity contribution in [2.75, 3.05) is 6.29 Å². The lowest BCUT2D eigenvalue weighted by Gasteiger charge is -2.26. The highest BCUT2D eigenvalue weighted by atomic mass is 31.2. The van der Waals surface area contributed by atoms with Crippen molar-refractivity contribution in [1.29, 1.82) is 0 Å². The fourth-order valence-corrected chi connectivity index (χ4v) is 4.06. The molecule has 10 nitrogen and oxygen atoms in total. The van der Waals surface area contributed by atoms with Crippen LogP contribution in [0, 0.1) is 11.8 Å². The lowest BCUT2D eigenvalue weighted by Crippen LogP contribution is -2.52. The second-order valence-electron chi connectivity index (χ2n) is 8.50. The van der Waals surface area contributed by atoms with Crippen LogP contribution in [0.15, 0.2) is 30.3 Å². The monoisotopic (exact) mass is 470 g/mol. The summed E-state index contributed by atoms with van der Waals surface area (Å²) >= 11 is 0. The van der Waals surface area contributed by atoms with Gasteiger partial charge in [-0.1, -0.05) is 58.0 Å². The zero-order valence-electron chi connectivity index (χ0n) is 19.0. The fraction of sp³-hybridized carbons (Fsp3) is 0.571. The molecule has 3 amide bonds. The van der Waals surface area contributed by atoms with Gasteiger partial charge >= 0.3 is 6.09 Å². The van der Waals surface area contributed by atoms with Gasteiger partial charge in [0.1, 0.15) is 18.9 Å². The van der Waals surface area contributed by atoms with Crippen LogP contribution in [0.2, 0.25) is 0 Å². The molecule has 0 heterocycles. The van der Waals surface area contributed by atoms with E-state index in [1.165, 1.54) is 0 Å². The van der Waals surface area contributed by atoms with Crippen LogP contribution in [0.25, 0.3) is 0 Å². The third-order valence-electron chi connectivity index (χ3n) is 4.40. The molecule has 0 saturated carbocycles. The molecule has 0 spiro atoms. The first-order valence-electron chi connectivity index (χ1n) is 10.5. The highest BCUT2D eigenvalue weighted by Crippen LogP contribution is 2.35. The van der Waals surface area contributed by atoms with Gasteiger partial charge < -0.3 is 26.0 Å². The van der Waals surface area contributed by atoms with E-state index < -0.39 is 43.8 Å². The van der Waals surface area contributed by atoms with Gasteiger partial charge in [-0.3, -0.25) is 14.2 Å². The zero-order chi connectivity index (χ0) is 24.3. The maximum absolute atomic E-state index is 12.7. The van der Waals surface area contributed by atoms with Gasteiger partial charge in [0.15, 0.2) is 0 Å². The Morgan fingerprint density at radius 1 is 1.03 bits per heavy atom. The van der Waals surface area contributed by atoms with Crippen LogP contribution in [0.5, 0.6) is 0 Å². The Morgan fingerprint density at radius 2 is 1.59 bits per heavy atom. The lowest BCUT2D eigenvalue weighted by atomic mass is 10.0. The van der Waals surface area contributed by atoms with Crippen molar-refractivity contribution in [3.63, 3.8) is 0 Å². The first-order valence-corrected chi connectivity index (χ1v) is 12.4. The standard InChI is InChI=1S/C21H35N4O6P/c1-14(2)10-17(19(22)26)24-20(27)18(11-15(3)4)25-32(29,30)13-23-21(28)31-12-16-8-6-5-7-9-16/h5-9,14-15,17-18H,10-13H2,1-4H3,(H2,22,26)(H,23,28)(H,24,27)(H2,25,29,30)/t17-,18-/m0/s1. The molecule has 0 bridgehead atoms. The van der Waals surface area contributed by atoms with Crippen molar-refractivity contribution >= 4 is 25.4 Å². The predicted octanol–water partition coefficient (Wildman–Crippen LogP) is 2.08. The molecule has 32 heavy (non-hydrogen) atoms. The molecule has 180 valence electrons. The molecule has 11 heteroatoms. The molecule has 0 radical (unpaired) electrons. The molecule has 1 unspecified atom stereocenters. The van der Waals surface area contributed by atoms with E-state index >= 15 is 0 Å². The Kier molecular flexibility index (Phi) is 11.4. The average molecular weight is 471 g/mol. The summed E-state index contributed by atoms with van der Waals surface area (Å²) in [6.45, 7) is 7.48. The lowest BCUT2D eigenvalue weighted by molar-refractivity contribution is -0.128. The number of amides is 3. The van der Waals surface area contributed by atoms with Crippen LogP contribution < -0.4 is 21.5 Å². The molecule has 0 aromatic heterocycles. The number of benzene rings is 1. The number of nitrogens with two attached hydrogens (primary N) is 1. The van der Waals surface area contributed by atoms with Crippen molar-refractivity contribution in [2.45, 2.75) is 59.2 Å². The van der Waals surface area contributed by atoms with Crippen LogP contribution >= 0.6 is 7.52 Å². The minimum absolute atomic E-state index is 0.0125. The first-order chi connectivity index (χ1) is 14.9. The Bertz CT molecular complexity index is 803. The maximum atomic E-state index is 12.7. The van der Waals surface area contributed by atoms with Crippen molar-refractivity contribution < 1.29 is 28.6 Å². The number of alkyl carbamates (subject to hydrolysis) is 1. The van der Waals surface area contributed by atoms with Crippen LogP contribution in [-0.4, -0.2) is 41.2 Å². The third kappa shape index (κ3) is 11.3. The van der Waals surface area contributed by atoms with E-state index in [1.54, 1.807) is 24.3 Å². The van der Waals surface area contributed by atoms with E-state index in [2.05, 4.69) is 15.7 Å². The van der Waals surface area contributed by atoms with Crippen LogP contribution in [0.4, 0.5) is 4.79 Å². The number of ether oxygens (including phenoxy) is 1. The Morgan fingerprint density at radius 3 is 2.12 bits per heavy atom. The van der Waals surface area contributed by atoms with E-state index in [-0.39, 0.29) is 24.9 Å². The number of rotatable bonds is 13. The minimum atomic E-state index is -4.14. The average Bonchev–Trinajstić information content (AvgIpc) is 2.69. The highest BCUT2D eigenvalue weighted by Gasteiger charge is 2.31. The number of carbonyl (C=O) groups is 3. The SMILES string of the molecule is CC(C)C[C@H](NC(=O)[C@H](CC(C)C)NP(=O)(O)CNC(=O)OCc1ccccc1)C(N)=O. The van der Waals surface area contributed by atoms with Crippen molar-refractivity contribution in [3.8, 4) is 0 Å². The number of primary amides is 1. The number of hydrogen-bond donors (Lipinski definition) is 5. The van der Waals surface area contributed by atoms with Gasteiger partial charge in [-0.25, -0.2) is 9.88 Å². The molecule has 1 rings (SSSR count). The molecule has 0 aliphatic heterocycles. The largest absolute Gasteiger partial charge is 0.445 e. The molecule has 0 aliphatic rings. The van der Waals surface area contributed by atoms with Gasteiger partial charge in [0.2, 0.25) is 11.8 Å². The van der Waals surface area contributed by atoms with E-state index in [1.807, 2.05) is 33.8 Å². The summed E-state index contributed by atoms with van der Waals surface area (Å²) in [5.41, 5.74) is 6.14. The second-order valence-corrected chi connectivity index (χ2v) is 10.5. The van der Waals surface area contributed by atoms with Crippen LogP contribution in [-0.2, 0) is 25.5 Å². The van der Waals surface area contributed by atoms with Crippen molar-refractivity contribution in [1.82, 2.24) is 15.7 Å². The number of carbonyl (C=O) groups excluding carboxylic acids is 3. The Labute approximate surface area is 189 Å². The van der Waals surface area contributed by atoms with Crippen molar-refractivity contribution in [2.24, 2.45) is 17.6 Å². The molecule has 0 fully saturated rings. The van der Waals surface area contributed by atoms with Gasteiger partial charge in [-0.2, -0.15) is 0 Å². The highest BCUT2D eigenvalue weighted by molar-refractivity contribution is 7.55. The van der Waals surface area contributed by atoms with Gasteiger partial charge in [-0.15, -0.1) is 0 Å². The smallest absolute Gasteiger partial charge is 0.407 e. The third-order valence-corrected chi connectivity index (χ3v) is 5.70. The van der Waals surface area contributed by atoms with Gasteiger partial charge in [0.25, 0.3) is 7.52 Å². The van der Waals surface area contributed by atoms with Gasteiger partial charge in [0.05, 0.1) is 6.04 Å².